The van der Waals surface area contributed by atoms with Gasteiger partial charge < -0.3 is 5.32 Å². The van der Waals surface area contributed by atoms with Gasteiger partial charge in [-0.3, -0.25) is 4.68 Å². The first-order valence-corrected chi connectivity index (χ1v) is 6.36. The third kappa shape index (κ3) is 3.55. The molecule has 0 radical (unpaired) electrons. The summed E-state index contributed by atoms with van der Waals surface area (Å²) >= 11 is 5.86. The van der Waals surface area contributed by atoms with Crippen molar-refractivity contribution in [2.75, 3.05) is 6.54 Å². The Bertz CT molecular complexity index is 492. The van der Waals surface area contributed by atoms with Crippen LogP contribution in [0.1, 0.15) is 24.4 Å². The summed E-state index contributed by atoms with van der Waals surface area (Å²) in [5.74, 6) is 0.869. The van der Waals surface area contributed by atoms with Crippen LogP contribution in [0.2, 0.25) is 5.02 Å². The maximum Gasteiger partial charge on any atom is 0.151 e. The molecule has 1 atom stereocenters. The summed E-state index contributed by atoms with van der Waals surface area (Å²) in [5, 5.41) is 8.45. The van der Waals surface area contributed by atoms with Gasteiger partial charge in [-0.15, -0.1) is 0 Å². The Kier molecular flexibility index (Phi) is 4.33. The van der Waals surface area contributed by atoms with Crippen LogP contribution in [-0.4, -0.2) is 21.3 Å². The molecule has 1 aromatic heterocycles. The number of nitrogens with one attached hydrogen (secondary N) is 1. The van der Waals surface area contributed by atoms with Crippen LogP contribution >= 0.6 is 11.6 Å². The lowest BCUT2D eigenvalue weighted by molar-refractivity contribution is 0.568. The van der Waals surface area contributed by atoms with Crippen molar-refractivity contribution in [3.63, 3.8) is 0 Å². The maximum absolute atomic E-state index is 5.86. The fraction of sp³-hybridized carbons (Fsp3) is 0.385. The first kappa shape index (κ1) is 13.1. The van der Waals surface area contributed by atoms with Gasteiger partial charge in [-0.25, -0.2) is 4.98 Å². The molecule has 0 bridgehead atoms. The first-order chi connectivity index (χ1) is 8.65. The Morgan fingerprint density at radius 1 is 1.33 bits per heavy atom. The van der Waals surface area contributed by atoms with Gasteiger partial charge in [0.25, 0.3) is 0 Å². The minimum atomic E-state index is 0.297. The zero-order valence-electron chi connectivity index (χ0n) is 10.6. The summed E-state index contributed by atoms with van der Waals surface area (Å²) in [5.41, 5.74) is 1.23. The van der Waals surface area contributed by atoms with Crippen LogP contribution in [0.3, 0.4) is 0 Å². The molecule has 2 rings (SSSR count). The molecule has 0 spiro atoms. The van der Waals surface area contributed by atoms with E-state index in [1.54, 1.807) is 11.0 Å². The Morgan fingerprint density at radius 3 is 2.67 bits per heavy atom. The van der Waals surface area contributed by atoms with Crippen LogP contribution in [0.15, 0.2) is 30.6 Å². The van der Waals surface area contributed by atoms with E-state index in [-0.39, 0.29) is 0 Å². The molecule has 0 saturated heterocycles. The highest BCUT2D eigenvalue weighted by Gasteiger charge is 2.05. The van der Waals surface area contributed by atoms with E-state index in [4.69, 9.17) is 11.6 Å². The largest absolute Gasteiger partial charge is 0.310 e. The summed E-state index contributed by atoms with van der Waals surface area (Å²) in [7, 11) is 1.88. The zero-order chi connectivity index (χ0) is 13.0. The van der Waals surface area contributed by atoms with Gasteiger partial charge in [-0.05, 0) is 24.6 Å². The fourth-order valence-corrected chi connectivity index (χ4v) is 1.89. The van der Waals surface area contributed by atoms with E-state index in [0.717, 1.165) is 23.8 Å². The summed E-state index contributed by atoms with van der Waals surface area (Å²) in [6.45, 7) is 2.99. The summed E-state index contributed by atoms with van der Waals surface area (Å²) in [6.07, 6.45) is 2.55. The Balaban J connectivity index is 1.81. The second-order valence-corrected chi connectivity index (χ2v) is 4.75. The maximum atomic E-state index is 5.86. The van der Waals surface area contributed by atoms with Crippen LogP contribution in [0.4, 0.5) is 0 Å². The second kappa shape index (κ2) is 5.98. The molecule has 96 valence electrons. The number of benzene rings is 1. The zero-order valence-corrected chi connectivity index (χ0v) is 11.4. The lowest BCUT2D eigenvalue weighted by Gasteiger charge is -2.13. The number of aryl methyl sites for hydroxylation is 1. The van der Waals surface area contributed by atoms with Gasteiger partial charge in [0.05, 0.1) is 0 Å². The van der Waals surface area contributed by atoms with Crippen molar-refractivity contribution >= 4 is 11.6 Å². The molecular formula is C13H17ClN4. The Morgan fingerprint density at radius 2 is 2.06 bits per heavy atom. The van der Waals surface area contributed by atoms with Crippen LogP contribution in [0.5, 0.6) is 0 Å². The quantitative estimate of drug-likeness (QED) is 0.902. The van der Waals surface area contributed by atoms with E-state index < -0.39 is 0 Å². The molecule has 2 aromatic rings. The Labute approximate surface area is 112 Å². The minimum Gasteiger partial charge on any atom is -0.310 e. The average molecular weight is 265 g/mol. The van der Waals surface area contributed by atoms with E-state index in [1.807, 2.05) is 31.3 Å². The van der Waals surface area contributed by atoms with Crippen LogP contribution in [0.25, 0.3) is 0 Å². The van der Waals surface area contributed by atoms with E-state index in [1.165, 1.54) is 5.56 Å². The highest BCUT2D eigenvalue weighted by Crippen LogP contribution is 2.15. The lowest BCUT2D eigenvalue weighted by atomic mass is 10.1. The van der Waals surface area contributed by atoms with Crippen molar-refractivity contribution in [1.29, 1.82) is 0 Å². The predicted octanol–water partition coefficient (Wildman–Crippen LogP) is 2.36. The molecule has 5 heteroatoms. The van der Waals surface area contributed by atoms with Crippen molar-refractivity contribution in [1.82, 2.24) is 20.1 Å². The second-order valence-electron chi connectivity index (χ2n) is 4.31. The molecule has 0 aliphatic heterocycles. The van der Waals surface area contributed by atoms with Gasteiger partial charge in [0, 0.05) is 31.1 Å². The van der Waals surface area contributed by atoms with Gasteiger partial charge in [0.2, 0.25) is 0 Å². The number of aromatic nitrogens is 3. The number of hydrogen-bond acceptors (Lipinski definition) is 3. The molecule has 0 fully saturated rings. The van der Waals surface area contributed by atoms with Crippen LogP contribution in [-0.2, 0) is 13.5 Å². The molecule has 0 aliphatic carbocycles. The van der Waals surface area contributed by atoms with E-state index in [9.17, 15) is 0 Å². The number of halogens is 1. The number of hydrogen-bond donors (Lipinski definition) is 1. The molecule has 1 heterocycles. The third-order valence-corrected chi connectivity index (χ3v) is 3.07. The molecule has 0 aliphatic rings. The fourth-order valence-electron chi connectivity index (χ4n) is 1.77. The molecule has 1 N–H and O–H groups in total. The van der Waals surface area contributed by atoms with Crippen molar-refractivity contribution in [3.8, 4) is 0 Å². The highest BCUT2D eigenvalue weighted by molar-refractivity contribution is 6.30. The van der Waals surface area contributed by atoms with Crippen molar-refractivity contribution in [3.05, 3.63) is 47.0 Å². The summed E-state index contributed by atoms with van der Waals surface area (Å²) < 4.78 is 1.72. The lowest BCUT2D eigenvalue weighted by Crippen LogP contribution is -2.21. The minimum absolute atomic E-state index is 0.297. The number of nitrogens with zero attached hydrogens (tertiary/aromatic N) is 3. The SMILES string of the molecule is CC(NCCc1ncn(C)n1)c1ccc(Cl)cc1. The first-order valence-electron chi connectivity index (χ1n) is 5.98. The summed E-state index contributed by atoms with van der Waals surface area (Å²) in [6, 6.07) is 8.20. The standard InChI is InChI=1S/C13H17ClN4/c1-10(11-3-5-12(14)6-4-11)15-8-7-13-16-9-18(2)17-13/h3-6,9-10,15H,7-8H2,1-2H3. The highest BCUT2D eigenvalue weighted by atomic mass is 35.5. The average Bonchev–Trinajstić information content (AvgIpc) is 2.76. The molecule has 1 aromatic carbocycles. The van der Waals surface area contributed by atoms with Gasteiger partial charge in [-0.1, -0.05) is 23.7 Å². The smallest absolute Gasteiger partial charge is 0.151 e. The van der Waals surface area contributed by atoms with Crippen LogP contribution in [0, 0.1) is 0 Å². The monoisotopic (exact) mass is 264 g/mol. The molecule has 18 heavy (non-hydrogen) atoms. The predicted molar refractivity (Wildman–Crippen MR) is 72.6 cm³/mol. The molecule has 0 saturated carbocycles. The topological polar surface area (TPSA) is 42.7 Å². The van der Waals surface area contributed by atoms with Crippen molar-refractivity contribution in [2.45, 2.75) is 19.4 Å². The van der Waals surface area contributed by atoms with Crippen molar-refractivity contribution < 1.29 is 0 Å². The molecule has 4 nitrogen and oxygen atoms in total. The molecular weight excluding hydrogens is 248 g/mol. The Hall–Kier alpha value is -1.39. The van der Waals surface area contributed by atoms with Crippen LogP contribution < -0.4 is 5.32 Å². The summed E-state index contributed by atoms with van der Waals surface area (Å²) in [4.78, 5) is 4.19. The normalized spacial score (nSPS) is 12.6. The molecule has 1 unspecified atom stereocenters. The van der Waals surface area contributed by atoms with Gasteiger partial charge in [0.15, 0.2) is 5.82 Å². The van der Waals surface area contributed by atoms with E-state index >= 15 is 0 Å². The van der Waals surface area contributed by atoms with E-state index in [2.05, 4.69) is 22.3 Å². The van der Waals surface area contributed by atoms with Crippen molar-refractivity contribution in [2.24, 2.45) is 7.05 Å². The van der Waals surface area contributed by atoms with Gasteiger partial charge >= 0.3 is 0 Å². The third-order valence-electron chi connectivity index (χ3n) is 2.82. The van der Waals surface area contributed by atoms with Gasteiger partial charge in [0.1, 0.15) is 6.33 Å². The van der Waals surface area contributed by atoms with Gasteiger partial charge in [-0.2, -0.15) is 5.10 Å². The van der Waals surface area contributed by atoms with E-state index in [0.29, 0.717) is 6.04 Å². The number of rotatable bonds is 5. The molecule has 0 amide bonds.